The molecular formula is C19H20N4OS. The summed E-state index contributed by atoms with van der Waals surface area (Å²) >= 11 is 1.33. The smallest absolute Gasteiger partial charge is 0.263 e. The van der Waals surface area contributed by atoms with E-state index in [0.29, 0.717) is 33.9 Å². The summed E-state index contributed by atoms with van der Waals surface area (Å²) in [4.78, 5) is 25.9. The van der Waals surface area contributed by atoms with E-state index in [9.17, 15) is 4.79 Å². The Morgan fingerprint density at radius 1 is 1.16 bits per heavy atom. The van der Waals surface area contributed by atoms with E-state index in [1.54, 1.807) is 18.5 Å². The lowest BCUT2D eigenvalue weighted by Gasteiger charge is -2.12. The quantitative estimate of drug-likeness (QED) is 0.732. The van der Waals surface area contributed by atoms with Crippen LogP contribution in [0.5, 0.6) is 0 Å². The Bertz CT molecular complexity index is 833. The standard InChI is InChI=1S/C19H20N4OS/c1-13(15-7-4-3-5-8-15)9-12-22-18(24)16-14(2)23-19(25-16)17-20-10-6-11-21-17/h3-8,10-11,13H,9,12H2,1-2H3,(H,22,24). The number of aryl methyl sites for hydroxylation is 1. The molecule has 0 spiro atoms. The maximum absolute atomic E-state index is 12.4. The summed E-state index contributed by atoms with van der Waals surface area (Å²) in [5.74, 6) is 0.863. The van der Waals surface area contributed by atoms with Crippen molar-refractivity contribution in [2.75, 3.05) is 6.54 Å². The van der Waals surface area contributed by atoms with Crippen molar-refractivity contribution in [1.29, 1.82) is 0 Å². The number of amides is 1. The fraction of sp³-hybridized carbons (Fsp3) is 0.263. The zero-order valence-electron chi connectivity index (χ0n) is 14.3. The summed E-state index contributed by atoms with van der Waals surface area (Å²) < 4.78 is 0. The molecule has 0 aliphatic heterocycles. The monoisotopic (exact) mass is 352 g/mol. The van der Waals surface area contributed by atoms with Crippen molar-refractivity contribution in [3.8, 4) is 10.8 Å². The summed E-state index contributed by atoms with van der Waals surface area (Å²) in [6.45, 7) is 4.64. The van der Waals surface area contributed by atoms with Crippen molar-refractivity contribution in [3.05, 3.63) is 64.9 Å². The lowest BCUT2D eigenvalue weighted by molar-refractivity contribution is 0.0956. The molecule has 3 rings (SSSR count). The van der Waals surface area contributed by atoms with Crippen LogP contribution in [0.1, 0.15) is 40.2 Å². The van der Waals surface area contributed by atoms with Crippen LogP contribution >= 0.6 is 11.3 Å². The number of benzene rings is 1. The molecule has 2 aromatic heterocycles. The lowest BCUT2D eigenvalue weighted by atomic mass is 9.98. The Morgan fingerprint density at radius 3 is 2.60 bits per heavy atom. The first-order chi connectivity index (χ1) is 12.1. The van der Waals surface area contributed by atoms with Crippen molar-refractivity contribution < 1.29 is 4.79 Å². The summed E-state index contributed by atoms with van der Waals surface area (Å²) in [5.41, 5.74) is 2.00. The number of carbonyl (C=O) groups is 1. The van der Waals surface area contributed by atoms with E-state index in [-0.39, 0.29) is 5.91 Å². The van der Waals surface area contributed by atoms with E-state index in [2.05, 4.69) is 39.3 Å². The highest BCUT2D eigenvalue weighted by Gasteiger charge is 2.17. The molecule has 1 unspecified atom stereocenters. The fourth-order valence-electron chi connectivity index (χ4n) is 2.54. The third kappa shape index (κ3) is 4.28. The van der Waals surface area contributed by atoms with Gasteiger partial charge in [-0.25, -0.2) is 15.0 Å². The topological polar surface area (TPSA) is 67.8 Å². The number of nitrogens with zero attached hydrogens (tertiary/aromatic N) is 3. The third-order valence-electron chi connectivity index (χ3n) is 3.99. The van der Waals surface area contributed by atoms with Crippen LogP contribution in [0.4, 0.5) is 0 Å². The van der Waals surface area contributed by atoms with Gasteiger partial charge in [0.1, 0.15) is 4.88 Å². The van der Waals surface area contributed by atoms with Crippen LogP contribution in [-0.4, -0.2) is 27.4 Å². The van der Waals surface area contributed by atoms with Gasteiger partial charge < -0.3 is 5.32 Å². The largest absolute Gasteiger partial charge is 0.351 e. The SMILES string of the molecule is Cc1nc(-c2ncccn2)sc1C(=O)NCCC(C)c1ccccc1. The van der Waals surface area contributed by atoms with Gasteiger partial charge in [0.25, 0.3) is 5.91 Å². The summed E-state index contributed by atoms with van der Waals surface area (Å²) in [5, 5.41) is 3.66. The van der Waals surface area contributed by atoms with Crippen LogP contribution < -0.4 is 5.32 Å². The number of hydrogen-bond donors (Lipinski definition) is 1. The molecule has 2 heterocycles. The van der Waals surface area contributed by atoms with E-state index in [1.165, 1.54) is 16.9 Å². The lowest BCUT2D eigenvalue weighted by Crippen LogP contribution is -2.25. The second-order valence-corrected chi connectivity index (χ2v) is 6.86. The maximum atomic E-state index is 12.4. The molecule has 6 heteroatoms. The molecule has 1 amide bonds. The predicted octanol–water partition coefficient (Wildman–Crippen LogP) is 3.83. The molecule has 0 aliphatic carbocycles. The average molecular weight is 352 g/mol. The normalized spacial score (nSPS) is 11.9. The van der Waals surface area contributed by atoms with Gasteiger partial charge in [0, 0.05) is 18.9 Å². The van der Waals surface area contributed by atoms with Gasteiger partial charge in [-0.1, -0.05) is 37.3 Å². The van der Waals surface area contributed by atoms with Crippen LogP contribution in [0.15, 0.2) is 48.8 Å². The number of rotatable bonds is 6. The Kier molecular flexibility index (Phi) is 5.50. The summed E-state index contributed by atoms with van der Waals surface area (Å²) in [6, 6.07) is 12.1. The summed E-state index contributed by atoms with van der Waals surface area (Å²) in [6.07, 6.45) is 4.23. The molecule has 1 N–H and O–H groups in total. The zero-order chi connectivity index (χ0) is 17.6. The van der Waals surface area contributed by atoms with Gasteiger partial charge in [-0.2, -0.15) is 0 Å². The van der Waals surface area contributed by atoms with Crippen LogP contribution in [0.25, 0.3) is 10.8 Å². The third-order valence-corrected chi connectivity index (χ3v) is 5.14. The van der Waals surface area contributed by atoms with Gasteiger partial charge in [0.05, 0.1) is 5.69 Å². The molecule has 0 fully saturated rings. The van der Waals surface area contributed by atoms with E-state index >= 15 is 0 Å². The van der Waals surface area contributed by atoms with Crippen LogP contribution in [0, 0.1) is 6.92 Å². The molecule has 0 radical (unpaired) electrons. The first-order valence-corrected chi connectivity index (χ1v) is 9.04. The molecule has 0 aliphatic rings. The van der Waals surface area contributed by atoms with E-state index < -0.39 is 0 Å². The van der Waals surface area contributed by atoms with Gasteiger partial charge in [-0.05, 0) is 30.9 Å². The molecule has 0 saturated heterocycles. The van der Waals surface area contributed by atoms with E-state index in [4.69, 9.17) is 0 Å². The molecule has 5 nitrogen and oxygen atoms in total. The molecular weight excluding hydrogens is 332 g/mol. The first kappa shape index (κ1) is 17.2. The van der Waals surface area contributed by atoms with Crippen molar-refractivity contribution in [2.45, 2.75) is 26.2 Å². The van der Waals surface area contributed by atoms with Crippen molar-refractivity contribution in [3.63, 3.8) is 0 Å². The minimum atomic E-state index is -0.0857. The van der Waals surface area contributed by atoms with E-state index in [0.717, 1.165) is 6.42 Å². The van der Waals surface area contributed by atoms with E-state index in [1.807, 2.05) is 25.1 Å². The maximum Gasteiger partial charge on any atom is 0.263 e. The number of thiazole rings is 1. The Labute approximate surface area is 151 Å². The highest BCUT2D eigenvalue weighted by molar-refractivity contribution is 7.17. The number of nitrogens with one attached hydrogen (secondary N) is 1. The molecule has 128 valence electrons. The second kappa shape index (κ2) is 7.98. The van der Waals surface area contributed by atoms with Gasteiger partial charge in [-0.15, -0.1) is 11.3 Å². The fourth-order valence-corrected chi connectivity index (χ4v) is 3.47. The van der Waals surface area contributed by atoms with Crippen LogP contribution in [-0.2, 0) is 0 Å². The average Bonchev–Trinajstić information content (AvgIpc) is 3.05. The van der Waals surface area contributed by atoms with Crippen molar-refractivity contribution in [2.24, 2.45) is 0 Å². The number of carbonyl (C=O) groups excluding carboxylic acids is 1. The molecule has 1 atom stereocenters. The molecule has 1 aromatic carbocycles. The van der Waals surface area contributed by atoms with Crippen molar-refractivity contribution in [1.82, 2.24) is 20.3 Å². The van der Waals surface area contributed by atoms with Crippen LogP contribution in [0.3, 0.4) is 0 Å². The highest BCUT2D eigenvalue weighted by atomic mass is 32.1. The Hall–Kier alpha value is -2.60. The first-order valence-electron chi connectivity index (χ1n) is 8.23. The molecule has 3 aromatic rings. The minimum absolute atomic E-state index is 0.0857. The summed E-state index contributed by atoms with van der Waals surface area (Å²) in [7, 11) is 0. The predicted molar refractivity (Wildman–Crippen MR) is 99.7 cm³/mol. The van der Waals surface area contributed by atoms with Gasteiger partial charge in [0.15, 0.2) is 10.8 Å². The highest BCUT2D eigenvalue weighted by Crippen LogP contribution is 2.25. The van der Waals surface area contributed by atoms with Gasteiger partial charge in [-0.3, -0.25) is 4.79 Å². The number of aromatic nitrogens is 3. The Balaban J connectivity index is 1.59. The zero-order valence-corrected chi connectivity index (χ0v) is 15.1. The van der Waals surface area contributed by atoms with Gasteiger partial charge >= 0.3 is 0 Å². The van der Waals surface area contributed by atoms with Crippen LogP contribution in [0.2, 0.25) is 0 Å². The number of hydrogen-bond acceptors (Lipinski definition) is 5. The molecule has 0 bridgehead atoms. The molecule has 0 saturated carbocycles. The molecule has 25 heavy (non-hydrogen) atoms. The second-order valence-electron chi connectivity index (χ2n) is 5.86. The Morgan fingerprint density at radius 2 is 1.88 bits per heavy atom. The minimum Gasteiger partial charge on any atom is -0.351 e. The van der Waals surface area contributed by atoms with Crippen molar-refractivity contribution >= 4 is 17.2 Å². The van der Waals surface area contributed by atoms with Gasteiger partial charge in [0.2, 0.25) is 0 Å².